The van der Waals surface area contributed by atoms with Crippen LogP contribution in [0.4, 0.5) is 0 Å². The standard InChI is InChI=1S/C17H17N3O/c1-11-13-4-2-3-5-15(13)20-14(11)7-6-12(17(20)21)10-16-18-8-9-19-16/h2-5,8-9,12H,6-7,10H2,1H3,(H,18,19). The van der Waals surface area contributed by atoms with Crippen LogP contribution in [0.3, 0.4) is 0 Å². The highest BCUT2D eigenvalue weighted by Crippen LogP contribution is 2.32. The van der Waals surface area contributed by atoms with Crippen molar-refractivity contribution in [3.05, 3.63) is 53.7 Å². The van der Waals surface area contributed by atoms with E-state index < -0.39 is 0 Å². The van der Waals surface area contributed by atoms with Gasteiger partial charge in [-0.25, -0.2) is 4.98 Å². The zero-order chi connectivity index (χ0) is 14.4. The topological polar surface area (TPSA) is 50.7 Å². The number of benzene rings is 1. The highest BCUT2D eigenvalue weighted by Gasteiger charge is 2.30. The number of hydrogen-bond donors (Lipinski definition) is 1. The number of nitrogens with one attached hydrogen (secondary N) is 1. The summed E-state index contributed by atoms with van der Waals surface area (Å²) < 4.78 is 1.93. The van der Waals surface area contributed by atoms with Crippen LogP contribution in [0.25, 0.3) is 10.9 Å². The number of nitrogens with zero attached hydrogens (tertiary/aromatic N) is 2. The zero-order valence-electron chi connectivity index (χ0n) is 12.0. The van der Waals surface area contributed by atoms with Gasteiger partial charge in [0.05, 0.1) is 5.52 Å². The molecule has 0 spiro atoms. The predicted octanol–water partition coefficient (Wildman–Crippen LogP) is 3.12. The first-order chi connectivity index (χ1) is 10.3. The van der Waals surface area contributed by atoms with Crippen LogP contribution in [0.2, 0.25) is 0 Å². The minimum atomic E-state index is 0.0128. The van der Waals surface area contributed by atoms with Gasteiger partial charge >= 0.3 is 0 Å². The van der Waals surface area contributed by atoms with Crippen molar-refractivity contribution >= 4 is 16.8 Å². The molecule has 4 nitrogen and oxygen atoms in total. The molecule has 0 bridgehead atoms. The number of imidazole rings is 1. The summed E-state index contributed by atoms with van der Waals surface area (Å²) in [7, 11) is 0. The molecule has 1 unspecified atom stereocenters. The van der Waals surface area contributed by atoms with Crippen molar-refractivity contribution in [3.8, 4) is 0 Å². The van der Waals surface area contributed by atoms with Gasteiger partial charge in [-0.3, -0.25) is 9.36 Å². The van der Waals surface area contributed by atoms with Crippen molar-refractivity contribution in [2.75, 3.05) is 0 Å². The summed E-state index contributed by atoms with van der Waals surface area (Å²) in [6.45, 7) is 2.12. The van der Waals surface area contributed by atoms with Gasteiger partial charge in [0, 0.05) is 35.8 Å². The smallest absolute Gasteiger partial charge is 0.234 e. The molecule has 1 aromatic carbocycles. The van der Waals surface area contributed by atoms with E-state index >= 15 is 0 Å². The van der Waals surface area contributed by atoms with Gasteiger partial charge in [0.1, 0.15) is 5.82 Å². The molecule has 3 aromatic rings. The molecule has 1 atom stereocenters. The van der Waals surface area contributed by atoms with E-state index in [0.29, 0.717) is 6.42 Å². The van der Waals surface area contributed by atoms with E-state index in [4.69, 9.17) is 0 Å². The Labute approximate surface area is 122 Å². The van der Waals surface area contributed by atoms with Crippen molar-refractivity contribution in [2.24, 2.45) is 5.92 Å². The second-order valence-corrected chi connectivity index (χ2v) is 5.74. The van der Waals surface area contributed by atoms with Gasteiger partial charge in [0.2, 0.25) is 5.91 Å². The maximum atomic E-state index is 12.9. The van der Waals surface area contributed by atoms with E-state index in [2.05, 4.69) is 23.0 Å². The van der Waals surface area contributed by atoms with Gasteiger partial charge in [-0.15, -0.1) is 0 Å². The lowest BCUT2D eigenvalue weighted by atomic mass is 9.93. The number of aromatic nitrogens is 3. The average Bonchev–Trinajstić information content (AvgIpc) is 3.10. The second kappa shape index (κ2) is 4.58. The van der Waals surface area contributed by atoms with Crippen molar-refractivity contribution in [3.63, 3.8) is 0 Å². The van der Waals surface area contributed by atoms with Crippen LogP contribution in [-0.4, -0.2) is 20.4 Å². The summed E-state index contributed by atoms with van der Waals surface area (Å²) in [5.74, 6) is 1.11. The van der Waals surface area contributed by atoms with Crippen molar-refractivity contribution in [1.82, 2.24) is 14.5 Å². The Morgan fingerprint density at radius 2 is 2.24 bits per heavy atom. The molecule has 0 amide bonds. The molecule has 21 heavy (non-hydrogen) atoms. The van der Waals surface area contributed by atoms with Gasteiger partial charge in [-0.1, -0.05) is 18.2 Å². The number of hydrogen-bond acceptors (Lipinski definition) is 2. The predicted molar refractivity (Wildman–Crippen MR) is 81.4 cm³/mol. The lowest BCUT2D eigenvalue weighted by Gasteiger charge is -2.23. The molecule has 4 heteroatoms. The molecule has 4 rings (SSSR count). The van der Waals surface area contributed by atoms with Crippen LogP contribution < -0.4 is 0 Å². The molecule has 3 heterocycles. The van der Waals surface area contributed by atoms with Crippen LogP contribution in [0, 0.1) is 12.8 Å². The Hall–Kier alpha value is -2.36. The van der Waals surface area contributed by atoms with E-state index in [1.54, 1.807) is 6.20 Å². The summed E-state index contributed by atoms with van der Waals surface area (Å²) in [6.07, 6.45) is 6.09. The molecule has 1 aliphatic rings. The molecule has 0 aliphatic carbocycles. The lowest BCUT2D eigenvalue weighted by molar-refractivity contribution is 0.0807. The number of para-hydroxylation sites is 1. The van der Waals surface area contributed by atoms with Gasteiger partial charge in [-0.05, 0) is 31.4 Å². The van der Waals surface area contributed by atoms with E-state index in [1.165, 1.54) is 16.6 Å². The molecule has 1 N–H and O–H groups in total. The van der Waals surface area contributed by atoms with Gasteiger partial charge in [0.15, 0.2) is 0 Å². The Morgan fingerprint density at radius 1 is 1.38 bits per heavy atom. The molecular formula is C17H17N3O. The fourth-order valence-corrected chi connectivity index (χ4v) is 3.45. The van der Waals surface area contributed by atoms with Crippen molar-refractivity contribution < 1.29 is 4.79 Å². The first-order valence-corrected chi connectivity index (χ1v) is 7.37. The zero-order valence-corrected chi connectivity index (χ0v) is 12.0. The summed E-state index contributed by atoms with van der Waals surface area (Å²) in [5, 5.41) is 1.19. The summed E-state index contributed by atoms with van der Waals surface area (Å²) in [4.78, 5) is 20.2. The highest BCUT2D eigenvalue weighted by atomic mass is 16.2. The minimum Gasteiger partial charge on any atom is -0.349 e. The van der Waals surface area contributed by atoms with Gasteiger partial charge < -0.3 is 4.98 Å². The Morgan fingerprint density at radius 3 is 3.05 bits per heavy atom. The first-order valence-electron chi connectivity index (χ1n) is 7.37. The Balaban J connectivity index is 1.79. The third-order valence-electron chi connectivity index (χ3n) is 4.55. The molecule has 2 aromatic heterocycles. The normalized spacial score (nSPS) is 18.1. The number of aromatic amines is 1. The SMILES string of the molecule is Cc1c2n(c3ccccc13)C(=O)C(Cc1ncc[nH]1)CC2. The molecule has 106 valence electrons. The highest BCUT2D eigenvalue weighted by molar-refractivity contribution is 5.97. The minimum absolute atomic E-state index is 0.0128. The number of rotatable bonds is 2. The lowest BCUT2D eigenvalue weighted by Crippen LogP contribution is -2.30. The van der Waals surface area contributed by atoms with E-state index in [9.17, 15) is 4.79 Å². The summed E-state index contributed by atoms with van der Waals surface area (Å²) in [6, 6.07) is 8.18. The fraction of sp³-hybridized carbons (Fsp3) is 0.294. The monoisotopic (exact) mass is 279 g/mol. The average molecular weight is 279 g/mol. The number of H-pyrrole nitrogens is 1. The fourth-order valence-electron chi connectivity index (χ4n) is 3.45. The number of carbonyl (C=O) groups is 1. The van der Waals surface area contributed by atoms with E-state index in [0.717, 1.165) is 24.2 Å². The second-order valence-electron chi connectivity index (χ2n) is 5.74. The van der Waals surface area contributed by atoms with Crippen LogP contribution >= 0.6 is 0 Å². The molecule has 0 fully saturated rings. The Kier molecular flexibility index (Phi) is 2.70. The van der Waals surface area contributed by atoms with Crippen molar-refractivity contribution in [2.45, 2.75) is 26.2 Å². The first kappa shape index (κ1) is 12.4. The summed E-state index contributed by atoms with van der Waals surface area (Å²) in [5.41, 5.74) is 3.46. The number of aryl methyl sites for hydroxylation is 1. The maximum absolute atomic E-state index is 12.9. The van der Waals surface area contributed by atoms with E-state index in [1.807, 2.05) is 29.0 Å². The third kappa shape index (κ3) is 1.82. The van der Waals surface area contributed by atoms with Crippen LogP contribution in [-0.2, 0) is 12.8 Å². The van der Waals surface area contributed by atoms with Gasteiger partial charge in [-0.2, -0.15) is 0 Å². The molecule has 0 saturated heterocycles. The van der Waals surface area contributed by atoms with Gasteiger partial charge in [0.25, 0.3) is 0 Å². The van der Waals surface area contributed by atoms with Crippen LogP contribution in [0.1, 0.15) is 28.3 Å². The number of fused-ring (bicyclic) bond motifs is 3. The molecular weight excluding hydrogens is 262 g/mol. The number of carbonyl (C=O) groups excluding carboxylic acids is 1. The molecule has 0 saturated carbocycles. The maximum Gasteiger partial charge on any atom is 0.234 e. The third-order valence-corrected chi connectivity index (χ3v) is 4.55. The largest absolute Gasteiger partial charge is 0.349 e. The Bertz CT molecular complexity index is 814. The molecule has 0 radical (unpaired) electrons. The van der Waals surface area contributed by atoms with Crippen molar-refractivity contribution in [1.29, 1.82) is 0 Å². The van der Waals surface area contributed by atoms with Crippen LogP contribution in [0.5, 0.6) is 0 Å². The van der Waals surface area contributed by atoms with Crippen LogP contribution in [0.15, 0.2) is 36.7 Å². The van der Waals surface area contributed by atoms with E-state index in [-0.39, 0.29) is 11.8 Å². The summed E-state index contributed by atoms with van der Waals surface area (Å²) >= 11 is 0. The quantitative estimate of drug-likeness (QED) is 0.783. The molecule has 1 aliphatic heterocycles.